The second-order valence-corrected chi connectivity index (χ2v) is 5.49. The molecule has 3 rings (SSSR count). The third-order valence-corrected chi connectivity index (χ3v) is 3.56. The predicted octanol–water partition coefficient (Wildman–Crippen LogP) is 3.43. The number of para-hydroxylation sites is 1. The molecule has 5 heteroatoms. The van der Waals surface area contributed by atoms with E-state index in [1.54, 1.807) is 0 Å². The molecule has 0 aliphatic heterocycles. The second kappa shape index (κ2) is 6.63. The van der Waals surface area contributed by atoms with E-state index in [1.807, 2.05) is 42.5 Å². The summed E-state index contributed by atoms with van der Waals surface area (Å²) in [6.07, 6.45) is 0. The quantitative estimate of drug-likeness (QED) is 0.666. The van der Waals surface area contributed by atoms with Gasteiger partial charge in [-0.25, -0.2) is 4.98 Å². The van der Waals surface area contributed by atoms with Gasteiger partial charge in [-0.1, -0.05) is 58.4 Å². The maximum atomic E-state index is 4.62. The highest BCUT2D eigenvalue weighted by Gasteiger charge is 2.11. The van der Waals surface area contributed by atoms with Crippen molar-refractivity contribution in [1.82, 2.24) is 15.2 Å². The van der Waals surface area contributed by atoms with Gasteiger partial charge in [0.05, 0.1) is 5.52 Å². The van der Waals surface area contributed by atoms with Crippen molar-refractivity contribution in [3.8, 4) is 0 Å². The molecule has 0 bridgehead atoms. The zero-order valence-corrected chi connectivity index (χ0v) is 13.1. The van der Waals surface area contributed by atoms with Crippen molar-refractivity contribution in [2.45, 2.75) is 6.54 Å². The number of benzene rings is 2. The van der Waals surface area contributed by atoms with E-state index in [1.165, 1.54) is 5.56 Å². The van der Waals surface area contributed by atoms with E-state index < -0.39 is 0 Å². The maximum Gasteiger partial charge on any atom is 0.246 e. The first-order valence-corrected chi connectivity index (χ1v) is 7.93. The Morgan fingerprint density at radius 3 is 2.33 bits per heavy atom. The standard InChI is InChI=1S/C16H15BrN4/c17-10-11-21(12-13-6-2-1-3-7-13)16-18-14-8-4-5-9-15(14)19-20-16/h1-9H,10-12H2. The van der Waals surface area contributed by atoms with Gasteiger partial charge in [-0.15, -0.1) is 10.2 Å². The van der Waals surface area contributed by atoms with Crippen LogP contribution in [0.1, 0.15) is 5.56 Å². The van der Waals surface area contributed by atoms with Crippen LogP contribution in [-0.4, -0.2) is 27.1 Å². The molecule has 0 aliphatic carbocycles. The second-order valence-electron chi connectivity index (χ2n) is 4.70. The van der Waals surface area contributed by atoms with E-state index in [0.717, 1.165) is 29.5 Å². The van der Waals surface area contributed by atoms with Crippen LogP contribution in [0.25, 0.3) is 11.0 Å². The molecule has 106 valence electrons. The Hall–Kier alpha value is -2.01. The van der Waals surface area contributed by atoms with Crippen molar-refractivity contribution in [2.75, 3.05) is 16.8 Å². The van der Waals surface area contributed by atoms with E-state index in [9.17, 15) is 0 Å². The minimum atomic E-state index is 0.664. The lowest BCUT2D eigenvalue weighted by atomic mass is 10.2. The number of hydrogen-bond acceptors (Lipinski definition) is 4. The molecule has 0 atom stereocenters. The average molecular weight is 343 g/mol. The monoisotopic (exact) mass is 342 g/mol. The van der Waals surface area contributed by atoms with Gasteiger partial charge in [0.15, 0.2) is 0 Å². The molecule has 2 aromatic carbocycles. The molecule has 0 unspecified atom stereocenters. The van der Waals surface area contributed by atoms with Crippen molar-refractivity contribution in [3.63, 3.8) is 0 Å². The number of hydrogen-bond donors (Lipinski definition) is 0. The summed E-state index contributed by atoms with van der Waals surface area (Å²) in [6.45, 7) is 1.60. The van der Waals surface area contributed by atoms with Crippen molar-refractivity contribution >= 4 is 32.9 Å². The molecule has 4 nitrogen and oxygen atoms in total. The van der Waals surface area contributed by atoms with E-state index in [0.29, 0.717) is 5.95 Å². The molecular formula is C16H15BrN4. The summed E-state index contributed by atoms with van der Waals surface area (Å²) in [7, 11) is 0. The Labute approximate surface area is 132 Å². The molecule has 0 amide bonds. The number of nitrogens with zero attached hydrogens (tertiary/aromatic N) is 4. The molecule has 0 fully saturated rings. The third kappa shape index (κ3) is 3.36. The summed E-state index contributed by atoms with van der Waals surface area (Å²) in [4.78, 5) is 6.75. The Balaban J connectivity index is 1.91. The van der Waals surface area contributed by atoms with Crippen LogP contribution in [0, 0.1) is 0 Å². The number of fused-ring (bicyclic) bond motifs is 1. The van der Waals surface area contributed by atoms with Crippen LogP contribution in [0.15, 0.2) is 54.6 Å². The first-order chi connectivity index (χ1) is 10.4. The van der Waals surface area contributed by atoms with Gasteiger partial charge >= 0.3 is 0 Å². The zero-order valence-electron chi connectivity index (χ0n) is 11.5. The largest absolute Gasteiger partial charge is 0.334 e. The number of anilines is 1. The topological polar surface area (TPSA) is 41.9 Å². The van der Waals surface area contributed by atoms with Crippen LogP contribution in [0.3, 0.4) is 0 Å². The molecule has 1 aromatic heterocycles. The summed E-state index contributed by atoms with van der Waals surface area (Å²) in [5.74, 6) is 0.664. The first-order valence-electron chi connectivity index (χ1n) is 6.81. The molecular weight excluding hydrogens is 328 g/mol. The summed E-state index contributed by atoms with van der Waals surface area (Å²) in [5.41, 5.74) is 2.92. The van der Waals surface area contributed by atoms with E-state index in [4.69, 9.17) is 0 Å². The third-order valence-electron chi connectivity index (χ3n) is 3.20. The van der Waals surface area contributed by atoms with Crippen LogP contribution < -0.4 is 4.90 Å². The lowest BCUT2D eigenvalue weighted by molar-refractivity contribution is 0.785. The summed E-state index contributed by atoms with van der Waals surface area (Å²) in [5, 5.41) is 9.38. The van der Waals surface area contributed by atoms with Crippen molar-refractivity contribution < 1.29 is 0 Å². The van der Waals surface area contributed by atoms with Crippen LogP contribution in [-0.2, 0) is 6.54 Å². The van der Waals surface area contributed by atoms with Gasteiger partial charge in [0, 0.05) is 18.4 Å². The average Bonchev–Trinajstić information content (AvgIpc) is 2.55. The highest BCUT2D eigenvalue weighted by Crippen LogP contribution is 2.15. The van der Waals surface area contributed by atoms with Crippen LogP contribution >= 0.6 is 15.9 Å². The Bertz CT molecular complexity index is 718. The molecule has 0 saturated heterocycles. The SMILES string of the molecule is BrCCN(Cc1ccccc1)c1nnc2ccccc2n1. The fourth-order valence-corrected chi connectivity index (χ4v) is 2.59. The van der Waals surface area contributed by atoms with Gasteiger partial charge in [0.25, 0.3) is 0 Å². The number of rotatable bonds is 5. The minimum absolute atomic E-state index is 0.664. The normalized spacial score (nSPS) is 10.7. The van der Waals surface area contributed by atoms with Gasteiger partial charge < -0.3 is 4.90 Å². The molecule has 0 saturated carbocycles. The van der Waals surface area contributed by atoms with E-state index in [-0.39, 0.29) is 0 Å². The molecule has 0 radical (unpaired) electrons. The van der Waals surface area contributed by atoms with Gasteiger partial charge in [-0.2, -0.15) is 0 Å². The van der Waals surface area contributed by atoms with E-state index >= 15 is 0 Å². The van der Waals surface area contributed by atoms with Crippen LogP contribution in [0.5, 0.6) is 0 Å². The summed E-state index contributed by atoms with van der Waals surface area (Å²) in [6, 6.07) is 18.1. The highest BCUT2D eigenvalue weighted by atomic mass is 79.9. The summed E-state index contributed by atoms with van der Waals surface area (Å²) >= 11 is 3.49. The lowest BCUT2D eigenvalue weighted by Crippen LogP contribution is -2.27. The molecule has 0 N–H and O–H groups in total. The predicted molar refractivity (Wildman–Crippen MR) is 88.6 cm³/mol. The number of aromatic nitrogens is 3. The van der Waals surface area contributed by atoms with Crippen molar-refractivity contribution in [3.05, 3.63) is 60.2 Å². The smallest absolute Gasteiger partial charge is 0.246 e. The molecule has 1 heterocycles. The number of halogens is 1. The maximum absolute atomic E-state index is 4.62. The van der Waals surface area contributed by atoms with Crippen molar-refractivity contribution in [1.29, 1.82) is 0 Å². The number of alkyl halides is 1. The van der Waals surface area contributed by atoms with Gasteiger partial charge in [-0.05, 0) is 17.7 Å². The van der Waals surface area contributed by atoms with Gasteiger partial charge in [0.2, 0.25) is 5.95 Å². The fraction of sp³-hybridized carbons (Fsp3) is 0.188. The van der Waals surface area contributed by atoms with Gasteiger partial charge in [0.1, 0.15) is 5.52 Å². The van der Waals surface area contributed by atoms with Crippen LogP contribution in [0.2, 0.25) is 0 Å². The Kier molecular flexibility index (Phi) is 4.40. The molecule has 21 heavy (non-hydrogen) atoms. The van der Waals surface area contributed by atoms with Gasteiger partial charge in [-0.3, -0.25) is 0 Å². The highest BCUT2D eigenvalue weighted by molar-refractivity contribution is 9.09. The molecule has 3 aromatic rings. The minimum Gasteiger partial charge on any atom is -0.334 e. The Morgan fingerprint density at radius 2 is 1.57 bits per heavy atom. The molecule has 0 spiro atoms. The zero-order chi connectivity index (χ0) is 14.5. The Morgan fingerprint density at radius 1 is 0.857 bits per heavy atom. The fourth-order valence-electron chi connectivity index (χ4n) is 2.16. The molecule has 0 aliphatic rings. The first kappa shape index (κ1) is 13.9. The lowest BCUT2D eigenvalue weighted by Gasteiger charge is -2.21. The van der Waals surface area contributed by atoms with E-state index in [2.05, 4.69) is 48.1 Å². The van der Waals surface area contributed by atoms with Crippen LogP contribution in [0.4, 0.5) is 5.95 Å². The summed E-state index contributed by atoms with van der Waals surface area (Å²) < 4.78 is 0. The van der Waals surface area contributed by atoms with Crippen molar-refractivity contribution in [2.24, 2.45) is 0 Å².